The second kappa shape index (κ2) is 53.2. The fourth-order valence-corrected chi connectivity index (χ4v) is 0. The first kappa shape index (κ1) is 49.0. The Hall–Kier alpha value is -1.24. The predicted molar refractivity (Wildman–Crippen MR) is 44.3 cm³/mol. The van der Waals surface area contributed by atoms with Crippen LogP contribution in [0.15, 0.2) is 0 Å². The first-order valence-corrected chi connectivity index (χ1v) is 2.12. The molecule has 0 aromatic heterocycles. The molecule has 0 saturated carbocycles. The summed E-state index contributed by atoms with van der Waals surface area (Å²) >= 11 is 0. The molecule has 12 nitrogen and oxygen atoms in total. The fourth-order valence-electron chi connectivity index (χ4n) is 0. The van der Waals surface area contributed by atoms with Crippen LogP contribution < -0.4 is 0 Å². The molecule has 0 atom stereocenters. The summed E-state index contributed by atoms with van der Waals surface area (Å²) in [5.74, 6) is 0. The molecule has 0 aliphatic carbocycles. The van der Waals surface area contributed by atoms with Crippen LogP contribution in [0.3, 0.4) is 0 Å². The Kier molecular flexibility index (Phi) is 174. The van der Waals surface area contributed by atoms with E-state index in [0.29, 0.717) is 0 Å². The Morgan fingerprint density at radius 2 is 0.933 bits per heavy atom. The van der Waals surface area contributed by atoms with Gasteiger partial charge in [0.2, 0.25) is 0 Å². The van der Waals surface area contributed by atoms with Crippen LogP contribution in [-0.4, -0.2) is 38.3 Å². The van der Waals surface area contributed by atoms with Gasteiger partial charge >= 0.3 is 17.1 Å². The Morgan fingerprint density at radius 1 is 0.933 bits per heavy atom. The van der Waals surface area contributed by atoms with Crippen LogP contribution in [0.1, 0.15) is 6.92 Å². The molecule has 1 radical (unpaired) electrons. The molecule has 0 amide bonds. The van der Waals surface area contributed by atoms with Crippen molar-refractivity contribution in [2.24, 2.45) is 0 Å². The maximum absolute atomic E-state index is 8.25. The normalized spacial score (nSPS) is 4.40. The first-order valence-electron chi connectivity index (χ1n) is 2.12. The predicted octanol–water partition coefficient (Wildman–Crippen LogP) is -2.96. The molecule has 0 bridgehead atoms. The van der Waals surface area contributed by atoms with Gasteiger partial charge in [0.25, 0.3) is 0 Å². The number of aliphatic hydroxyl groups is 1. The molecule has 15 heavy (non-hydrogen) atoms. The summed E-state index contributed by atoms with van der Waals surface area (Å²) < 4.78 is 0. The van der Waals surface area contributed by atoms with Crippen molar-refractivity contribution in [1.82, 2.24) is 0 Å². The monoisotopic (exact) mass is 287 g/mol. The largest absolute Gasteiger partial charge is 2.00 e. The quantitative estimate of drug-likeness (QED) is 0.275. The van der Waals surface area contributed by atoms with E-state index in [1.807, 2.05) is 0 Å². The Morgan fingerprint density at radius 3 is 0.933 bits per heavy atom. The van der Waals surface area contributed by atoms with E-state index in [1.54, 1.807) is 6.92 Å². The second-order valence-electron chi connectivity index (χ2n) is 0.763. The van der Waals surface area contributed by atoms with Gasteiger partial charge in [0.1, 0.15) is 0 Å². The Bertz CT molecular complexity index is 89.6. The smallest absolute Gasteiger partial charge is 0.412 e. The van der Waals surface area contributed by atoms with Crippen LogP contribution in [0.25, 0.3) is 0 Å². The molecule has 101 valence electrons. The van der Waals surface area contributed by atoms with Gasteiger partial charge in [0.05, 0.1) is 10.2 Å². The van der Waals surface area contributed by atoms with E-state index < -0.39 is 10.2 Å². The van der Waals surface area contributed by atoms with Gasteiger partial charge in [-0.25, -0.2) is 0 Å². The Balaban J connectivity index is -0.0000000114. The minimum Gasteiger partial charge on any atom is -0.412 e. The number of hydrogen-bond acceptors (Lipinski definition) is 7. The summed E-state index contributed by atoms with van der Waals surface area (Å²) in [5, 5.41) is 37.1. The maximum atomic E-state index is 8.25. The summed E-state index contributed by atoms with van der Waals surface area (Å²) in [5.41, 5.74) is 0. The number of aliphatic hydroxyl groups excluding tert-OH is 1. The number of hydrogen-bond donors (Lipinski definition) is 1. The van der Waals surface area contributed by atoms with Crippen molar-refractivity contribution in [1.29, 1.82) is 0 Å². The molecule has 0 aliphatic heterocycles. The topological polar surface area (TPSA) is 247 Å². The van der Waals surface area contributed by atoms with Gasteiger partial charge in [-0.05, 0) is 6.92 Å². The molecule has 0 fully saturated rings. The standard InChI is InChI=1S/C2H6O.Cu.2NO3.3H2O/c1-2-3;;2*2-1(3)4;;;/h3H,2H2,1H3;;;;3*1H2/q;+2;2*-1;;;. The van der Waals surface area contributed by atoms with Crippen molar-refractivity contribution in [3.05, 3.63) is 30.6 Å². The molecule has 0 rings (SSSR count). The second-order valence-corrected chi connectivity index (χ2v) is 0.763. The SMILES string of the molecule is CCO.O.O.O.O=[N+]([O-])[O-].O=[N+]([O-])[O-].[Cu+2]. The van der Waals surface area contributed by atoms with Gasteiger partial charge in [0, 0.05) is 6.61 Å². The van der Waals surface area contributed by atoms with E-state index in [-0.39, 0.29) is 40.1 Å². The van der Waals surface area contributed by atoms with Gasteiger partial charge in [-0.2, -0.15) is 0 Å². The zero-order valence-corrected chi connectivity index (χ0v) is 8.24. The molecule has 0 aromatic carbocycles. The van der Waals surface area contributed by atoms with Gasteiger partial charge in [0.15, 0.2) is 0 Å². The van der Waals surface area contributed by atoms with Crippen molar-refractivity contribution in [2.45, 2.75) is 6.92 Å². The molecular weight excluding hydrogens is 276 g/mol. The minimum atomic E-state index is -1.75. The maximum Gasteiger partial charge on any atom is 2.00 e. The summed E-state index contributed by atoms with van der Waals surface area (Å²) in [6, 6.07) is 0. The van der Waals surface area contributed by atoms with Crippen LogP contribution in [0.4, 0.5) is 0 Å². The zero-order valence-electron chi connectivity index (χ0n) is 7.30. The average molecular weight is 288 g/mol. The molecule has 0 heterocycles. The van der Waals surface area contributed by atoms with E-state index in [0.717, 1.165) is 0 Å². The summed E-state index contributed by atoms with van der Waals surface area (Å²) in [6.07, 6.45) is 0. The van der Waals surface area contributed by atoms with Gasteiger partial charge < -0.3 is 52.2 Å². The van der Waals surface area contributed by atoms with E-state index in [9.17, 15) is 0 Å². The van der Waals surface area contributed by atoms with Crippen molar-refractivity contribution >= 4 is 0 Å². The van der Waals surface area contributed by atoms with Crippen LogP contribution in [0.5, 0.6) is 0 Å². The number of nitrogens with zero attached hydrogens (tertiary/aromatic N) is 2. The van der Waals surface area contributed by atoms with Gasteiger partial charge in [-0.15, -0.1) is 0 Å². The van der Waals surface area contributed by atoms with E-state index in [2.05, 4.69) is 0 Å². The van der Waals surface area contributed by atoms with Gasteiger partial charge in [-0.3, -0.25) is 0 Å². The fraction of sp³-hybridized carbons (Fsp3) is 1.00. The molecule has 0 aliphatic rings. The Labute approximate surface area is 93.8 Å². The molecular formula is C2H12CuN2O10. The van der Waals surface area contributed by atoms with Crippen molar-refractivity contribution < 1.29 is 48.8 Å². The summed E-state index contributed by atoms with van der Waals surface area (Å²) in [6.45, 7) is 1.93. The van der Waals surface area contributed by atoms with E-state index in [1.165, 1.54) is 0 Å². The zero-order chi connectivity index (χ0) is 9.86. The van der Waals surface area contributed by atoms with Crippen LogP contribution in [0, 0.1) is 30.6 Å². The van der Waals surface area contributed by atoms with Crippen LogP contribution in [-0.2, 0) is 17.1 Å². The number of rotatable bonds is 0. The third-order valence-corrected chi connectivity index (χ3v) is 0. The average Bonchev–Trinajstić information content (AvgIpc) is 1.60. The summed E-state index contributed by atoms with van der Waals surface area (Å²) in [4.78, 5) is 16.5. The third kappa shape index (κ3) is 960. The molecule has 13 heteroatoms. The van der Waals surface area contributed by atoms with E-state index in [4.69, 9.17) is 35.7 Å². The van der Waals surface area contributed by atoms with Crippen LogP contribution in [0.2, 0.25) is 0 Å². The van der Waals surface area contributed by atoms with Crippen molar-refractivity contribution in [2.75, 3.05) is 6.61 Å². The summed E-state index contributed by atoms with van der Waals surface area (Å²) in [7, 11) is 0. The molecule has 7 N–H and O–H groups in total. The van der Waals surface area contributed by atoms with Crippen LogP contribution >= 0.6 is 0 Å². The minimum absolute atomic E-state index is 0. The molecule has 0 aromatic rings. The van der Waals surface area contributed by atoms with Crippen molar-refractivity contribution in [3.63, 3.8) is 0 Å². The van der Waals surface area contributed by atoms with Gasteiger partial charge in [-0.1, -0.05) is 0 Å². The molecule has 0 saturated heterocycles. The first-order chi connectivity index (χ1) is 4.88. The molecule has 0 spiro atoms. The van der Waals surface area contributed by atoms with Crippen molar-refractivity contribution in [3.8, 4) is 0 Å². The molecule has 0 unspecified atom stereocenters. The van der Waals surface area contributed by atoms with E-state index >= 15 is 0 Å². The third-order valence-electron chi connectivity index (χ3n) is 0.